The topological polar surface area (TPSA) is 26.0 Å². The fraction of sp³-hybridized carbons (Fsp3) is 0.143. The van der Waals surface area contributed by atoms with Crippen molar-refractivity contribution in [2.24, 2.45) is 5.73 Å². The van der Waals surface area contributed by atoms with Gasteiger partial charge in [0.15, 0.2) is 0 Å². The largest absolute Gasteiger partial charge is 0.326 e. The van der Waals surface area contributed by atoms with Crippen LogP contribution >= 0.6 is 54.5 Å². The molecule has 1 aromatic carbocycles. The average molecular weight is 391 g/mol. The van der Waals surface area contributed by atoms with E-state index in [0.717, 1.165) is 14.5 Å². The summed E-state index contributed by atoms with van der Waals surface area (Å²) in [5, 5.41) is 0. The molecular formula is C7H6Br2IN. The third-order valence-corrected chi connectivity index (χ3v) is 4.72. The van der Waals surface area contributed by atoms with Gasteiger partial charge < -0.3 is 5.73 Å². The molecule has 0 spiro atoms. The molecule has 1 rings (SSSR count). The summed E-state index contributed by atoms with van der Waals surface area (Å²) in [7, 11) is 0. The maximum Gasteiger partial charge on any atom is 0.0328 e. The quantitative estimate of drug-likeness (QED) is 0.578. The molecule has 1 nitrogen and oxygen atoms in total. The van der Waals surface area contributed by atoms with Gasteiger partial charge in [-0.15, -0.1) is 0 Å². The summed E-state index contributed by atoms with van der Waals surface area (Å²) >= 11 is 9.15. The summed E-state index contributed by atoms with van der Waals surface area (Å²) in [5.41, 5.74) is 6.72. The highest BCUT2D eigenvalue weighted by atomic mass is 127. The molecule has 0 aromatic heterocycles. The van der Waals surface area contributed by atoms with Gasteiger partial charge in [0.1, 0.15) is 0 Å². The predicted molar refractivity (Wildman–Crippen MR) is 62.5 cm³/mol. The Hall–Kier alpha value is 0.870. The molecular weight excluding hydrogens is 385 g/mol. The van der Waals surface area contributed by atoms with E-state index in [1.54, 1.807) is 0 Å². The van der Waals surface area contributed by atoms with Crippen molar-refractivity contribution in [3.05, 3.63) is 30.2 Å². The molecule has 11 heavy (non-hydrogen) atoms. The van der Waals surface area contributed by atoms with Gasteiger partial charge in [-0.2, -0.15) is 0 Å². The molecule has 0 saturated heterocycles. The number of rotatable bonds is 1. The average Bonchev–Trinajstić information content (AvgIpc) is 1.99. The molecule has 1 aromatic rings. The Morgan fingerprint density at radius 2 is 1.82 bits per heavy atom. The van der Waals surface area contributed by atoms with Gasteiger partial charge in [-0.05, 0) is 56.2 Å². The van der Waals surface area contributed by atoms with Crippen molar-refractivity contribution in [3.63, 3.8) is 0 Å². The van der Waals surface area contributed by atoms with E-state index in [2.05, 4.69) is 54.5 Å². The van der Waals surface area contributed by atoms with Gasteiger partial charge in [-0.25, -0.2) is 0 Å². The van der Waals surface area contributed by atoms with Gasteiger partial charge in [-0.1, -0.05) is 15.9 Å². The van der Waals surface area contributed by atoms with Gasteiger partial charge in [0.25, 0.3) is 0 Å². The maximum absolute atomic E-state index is 5.56. The normalized spacial score (nSPS) is 10.2. The summed E-state index contributed by atoms with van der Waals surface area (Å²) in [6, 6.07) is 4.00. The number of hydrogen-bond donors (Lipinski definition) is 1. The lowest BCUT2D eigenvalue weighted by Crippen LogP contribution is -2.00. The Bertz CT molecular complexity index is 275. The van der Waals surface area contributed by atoms with Crippen molar-refractivity contribution in [2.75, 3.05) is 0 Å². The highest BCUT2D eigenvalue weighted by Gasteiger charge is 2.05. The van der Waals surface area contributed by atoms with Gasteiger partial charge >= 0.3 is 0 Å². The maximum atomic E-state index is 5.56. The second kappa shape index (κ2) is 4.20. The highest BCUT2D eigenvalue weighted by molar-refractivity contribution is 14.1. The molecule has 0 heterocycles. The number of hydrogen-bond acceptors (Lipinski definition) is 1. The summed E-state index contributed by atoms with van der Waals surface area (Å²) in [6.07, 6.45) is 0. The summed E-state index contributed by atoms with van der Waals surface area (Å²) in [6.45, 7) is 0.568. The van der Waals surface area contributed by atoms with Crippen LogP contribution < -0.4 is 5.73 Å². The third kappa shape index (κ3) is 2.17. The van der Waals surface area contributed by atoms with Gasteiger partial charge in [0.05, 0.1) is 0 Å². The molecule has 0 saturated carbocycles. The molecule has 0 amide bonds. The number of benzene rings is 1. The Labute approximate surface area is 96.1 Å². The summed E-state index contributed by atoms with van der Waals surface area (Å²) in [4.78, 5) is 0. The lowest BCUT2D eigenvalue weighted by atomic mass is 10.2. The van der Waals surface area contributed by atoms with Crippen LogP contribution in [0.15, 0.2) is 21.1 Å². The second-order valence-electron chi connectivity index (χ2n) is 2.03. The molecule has 0 unspecified atom stereocenters. The van der Waals surface area contributed by atoms with Crippen molar-refractivity contribution in [2.45, 2.75) is 6.54 Å². The van der Waals surface area contributed by atoms with E-state index < -0.39 is 0 Å². The van der Waals surface area contributed by atoms with E-state index in [1.807, 2.05) is 12.1 Å². The monoisotopic (exact) mass is 389 g/mol. The first-order chi connectivity index (χ1) is 5.16. The zero-order valence-electron chi connectivity index (χ0n) is 5.57. The van der Waals surface area contributed by atoms with Crippen LogP contribution in [0.25, 0.3) is 0 Å². The van der Waals surface area contributed by atoms with Crippen molar-refractivity contribution < 1.29 is 0 Å². The molecule has 0 aliphatic heterocycles. The van der Waals surface area contributed by atoms with Crippen molar-refractivity contribution in [3.8, 4) is 0 Å². The zero-order chi connectivity index (χ0) is 8.43. The summed E-state index contributed by atoms with van der Waals surface area (Å²) in [5.74, 6) is 0. The Balaban J connectivity index is 3.29. The van der Waals surface area contributed by atoms with E-state index in [1.165, 1.54) is 3.57 Å². The fourth-order valence-electron chi connectivity index (χ4n) is 0.756. The predicted octanol–water partition coefficient (Wildman–Crippen LogP) is 3.27. The first-order valence-corrected chi connectivity index (χ1v) is 5.65. The molecule has 2 N–H and O–H groups in total. The molecule has 0 atom stereocenters. The molecule has 0 fully saturated rings. The van der Waals surface area contributed by atoms with Crippen molar-refractivity contribution in [1.29, 1.82) is 0 Å². The van der Waals surface area contributed by atoms with Crippen LogP contribution in [0.2, 0.25) is 0 Å². The molecule has 0 radical (unpaired) electrons. The first kappa shape index (κ1) is 9.95. The van der Waals surface area contributed by atoms with Crippen LogP contribution in [0.4, 0.5) is 0 Å². The zero-order valence-corrected chi connectivity index (χ0v) is 10.9. The van der Waals surface area contributed by atoms with Crippen LogP contribution in [0, 0.1) is 3.57 Å². The Morgan fingerprint density at radius 3 is 2.27 bits per heavy atom. The molecule has 0 aliphatic rings. The van der Waals surface area contributed by atoms with Gasteiger partial charge in [-0.3, -0.25) is 0 Å². The van der Waals surface area contributed by atoms with Gasteiger partial charge in [0.2, 0.25) is 0 Å². The van der Waals surface area contributed by atoms with Crippen LogP contribution in [0.1, 0.15) is 5.56 Å². The SMILES string of the molecule is NCc1c(Br)ccc(Br)c1I. The van der Waals surface area contributed by atoms with Crippen LogP contribution in [0.3, 0.4) is 0 Å². The Morgan fingerprint density at radius 1 is 1.27 bits per heavy atom. The minimum atomic E-state index is 0.568. The van der Waals surface area contributed by atoms with E-state index in [-0.39, 0.29) is 0 Å². The minimum absolute atomic E-state index is 0.568. The molecule has 0 bridgehead atoms. The number of halogens is 3. The Kier molecular flexibility index (Phi) is 3.80. The highest BCUT2D eigenvalue weighted by Crippen LogP contribution is 2.28. The van der Waals surface area contributed by atoms with Crippen molar-refractivity contribution >= 4 is 54.5 Å². The van der Waals surface area contributed by atoms with Crippen LogP contribution in [-0.4, -0.2) is 0 Å². The lowest BCUT2D eigenvalue weighted by molar-refractivity contribution is 1.05. The smallest absolute Gasteiger partial charge is 0.0328 e. The number of nitrogens with two attached hydrogens (primary N) is 1. The second-order valence-corrected chi connectivity index (χ2v) is 4.81. The molecule has 0 aliphatic carbocycles. The van der Waals surface area contributed by atoms with E-state index in [0.29, 0.717) is 6.54 Å². The van der Waals surface area contributed by atoms with E-state index >= 15 is 0 Å². The standard InChI is InChI=1S/C7H6Br2IN/c8-5-1-2-6(9)7(10)4(5)3-11/h1-2H,3,11H2. The summed E-state index contributed by atoms with van der Waals surface area (Å²) < 4.78 is 3.36. The lowest BCUT2D eigenvalue weighted by Gasteiger charge is -2.05. The minimum Gasteiger partial charge on any atom is -0.326 e. The van der Waals surface area contributed by atoms with E-state index in [4.69, 9.17) is 5.73 Å². The van der Waals surface area contributed by atoms with E-state index in [9.17, 15) is 0 Å². The first-order valence-electron chi connectivity index (χ1n) is 2.99. The van der Waals surface area contributed by atoms with Gasteiger partial charge in [0, 0.05) is 19.1 Å². The molecule has 60 valence electrons. The molecule has 4 heteroatoms. The third-order valence-electron chi connectivity index (χ3n) is 1.34. The van der Waals surface area contributed by atoms with Crippen molar-refractivity contribution in [1.82, 2.24) is 0 Å². The van der Waals surface area contributed by atoms with Crippen LogP contribution in [-0.2, 0) is 6.54 Å². The van der Waals surface area contributed by atoms with Crippen LogP contribution in [0.5, 0.6) is 0 Å². The fourth-order valence-corrected chi connectivity index (χ4v) is 2.68.